The Morgan fingerprint density at radius 1 is 1.47 bits per heavy atom. The predicted octanol–water partition coefficient (Wildman–Crippen LogP) is 3.25. The van der Waals surface area contributed by atoms with Gasteiger partial charge in [-0.3, -0.25) is 14.9 Å². The number of amides is 1. The molecule has 2 rings (SSSR count). The van der Waals surface area contributed by atoms with Crippen molar-refractivity contribution < 1.29 is 14.1 Å². The maximum atomic E-state index is 11.9. The number of nitro groups is 1. The van der Waals surface area contributed by atoms with Gasteiger partial charge in [0.15, 0.2) is 4.67 Å². The van der Waals surface area contributed by atoms with Crippen LogP contribution < -0.4 is 5.32 Å². The van der Waals surface area contributed by atoms with Crippen molar-refractivity contribution in [1.82, 2.24) is 4.98 Å². The molecule has 0 saturated carbocycles. The van der Waals surface area contributed by atoms with Gasteiger partial charge in [-0.1, -0.05) is 11.6 Å². The van der Waals surface area contributed by atoms with Gasteiger partial charge < -0.3 is 9.73 Å². The van der Waals surface area contributed by atoms with Gasteiger partial charge in [-0.25, -0.2) is 4.98 Å². The first-order chi connectivity index (χ1) is 8.99. The Morgan fingerprint density at radius 2 is 2.21 bits per heavy atom. The number of aromatic nitrogens is 1. The maximum Gasteiger partial charge on any atom is 0.311 e. The molecule has 0 aromatic carbocycles. The van der Waals surface area contributed by atoms with E-state index in [9.17, 15) is 14.9 Å². The largest absolute Gasteiger partial charge is 0.457 e. The average molecular weight is 347 g/mol. The molecule has 1 N–H and O–H groups in total. The molecule has 2 heterocycles. The Bertz CT molecular complexity index is 658. The van der Waals surface area contributed by atoms with E-state index in [1.54, 1.807) is 0 Å². The van der Waals surface area contributed by atoms with Crippen LogP contribution in [0.5, 0.6) is 0 Å². The third kappa shape index (κ3) is 2.91. The Kier molecular flexibility index (Phi) is 3.82. The summed E-state index contributed by atoms with van der Waals surface area (Å²) in [6.45, 7) is 0. The number of carbonyl (C=O) groups excluding carboxylic acids is 1. The number of halogens is 2. The van der Waals surface area contributed by atoms with Gasteiger partial charge in [-0.05, 0) is 28.1 Å². The molecule has 0 atom stereocenters. The van der Waals surface area contributed by atoms with Crippen molar-refractivity contribution in [2.45, 2.75) is 0 Å². The second-order valence-electron chi connectivity index (χ2n) is 3.32. The van der Waals surface area contributed by atoms with E-state index in [1.165, 1.54) is 18.4 Å². The van der Waals surface area contributed by atoms with E-state index in [1.807, 2.05) is 0 Å². The molecular formula is C10H5BrClN3O4. The molecule has 0 fully saturated rings. The monoisotopic (exact) mass is 345 g/mol. The molecule has 0 bridgehead atoms. The van der Waals surface area contributed by atoms with Crippen LogP contribution in [0.25, 0.3) is 0 Å². The maximum absolute atomic E-state index is 11.9. The van der Waals surface area contributed by atoms with E-state index in [2.05, 4.69) is 26.2 Å². The molecule has 2 aromatic heterocycles. The summed E-state index contributed by atoms with van der Waals surface area (Å²) in [5.41, 5.74) is -0.159. The number of nitrogens with zero attached hydrogens (tertiary/aromatic N) is 2. The Labute approximate surface area is 119 Å². The molecule has 7 nitrogen and oxygen atoms in total. The molecular weight excluding hydrogens is 341 g/mol. The number of furan rings is 1. The summed E-state index contributed by atoms with van der Waals surface area (Å²) >= 11 is 8.68. The van der Waals surface area contributed by atoms with Gasteiger partial charge in [0.2, 0.25) is 5.82 Å². The van der Waals surface area contributed by atoms with E-state index in [-0.39, 0.29) is 26.9 Å². The Balaban J connectivity index is 2.33. The summed E-state index contributed by atoms with van der Waals surface area (Å²) in [6.07, 6.45) is 1.30. The van der Waals surface area contributed by atoms with Crippen LogP contribution in [-0.2, 0) is 0 Å². The molecule has 0 radical (unpaired) electrons. The van der Waals surface area contributed by atoms with Crippen molar-refractivity contribution in [2.24, 2.45) is 0 Å². The van der Waals surface area contributed by atoms with Crippen molar-refractivity contribution in [3.63, 3.8) is 0 Å². The first kappa shape index (κ1) is 13.5. The quantitative estimate of drug-likeness (QED) is 0.522. The molecule has 0 aliphatic rings. The van der Waals surface area contributed by atoms with Gasteiger partial charge >= 0.3 is 5.69 Å². The minimum Gasteiger partial charge on any atom is -0.457 e. The predicted molar refractivity (Wildman–Crippen MR) is 70.3 cm³/mol. The fourth-order valence-electron chi connectivity index (χ4n) is 1.30. The number of rotatable bonds is 3. The number of anilines is 1. The zero-order valence-corrected chi connectivity index (χ0v) is 11.4. The number of nitrogens with one attached hydrogen (secondary N) is 1. The van der Waals surface area contributed by atoms with Gasteiger partial charge in [0.1, 0.15) is 5.15 Å². The lowest BCUT2D eigenvalue weighted by molar-refractivity contribution is -0.384. The zero-order chi connectivity index (χ0) is 14.0. The second-order valence-corrected chi connectivity index (χ2v) is 4.43. The van der Waals surface area contributed by atoms with E-state index in [0.717, 1.165) is 6.07 Å². The highest BCUT2D eigenvalue weighted by Crippen LogP contribution is 2.25. The molecule has 98 valence electrons. The topological polar surface area (TPSA) is 98.3 Å². The van der Waals surface area contributed by atoms with Crippen LogP contribution in [0, 0.1) is 10.1 Å². The lowest BCUT2D eigenvalue weighted by Crippen LogP contribution is -2.14. The van der Waals surface area contributed by atoms with Crippen LogP contribution in [0.1, 0.15) is 10.4 Å². The number of hydrogen-bond donors (Lipinski definition) is 1. The van der Waals surface area contributed by atoms with Crippen LogP contribution in [0.4, 0.5) is 11.5 Å². The minimum atomic E-state index is -0.663. The molecule has 1 amide bonds. The minimum absolute atomic E-state index is 0.0344. The first-order valence-corrected chi connectivity index (χ1v) is 6.01. The highest BCUT2D eigenvalue weighted by Gasteiger charge is 2.20. The normalized spacial score (nSPS) is 10.2. The van der Waals surface area contributed by atoms with Crippen molar-refractivity contribution in [2.75, 3.05) is 5.32 Å². The summed E-state index contributed by atoms with van der Waals surface area (Å²) in [4.78, 5) is 25.7. The van der Waals surface area contributed by atoms with Gasteiger partial charge in [0.25, 0.3) is 5.91 Å². The van der Waals surface area contributed by atoms with E-state index in [0.29, 0.717) is 0 Å². The summed E-state index contributed by atoms with van der Waals surface area (Å²) < 4.78 is 5.12. The molecule has 0 aliphatic carbocycles. The zero-order valence-electron chi connectivity index (χ0n) is 9.09. The van der Waals surface area contributed by atoms with Crippen molar-refractivity contribution in [1.29, 1.82) is 0 Å². The van der Waals surface area contributed by atoms with Crippen LogP contribution in [0.2, 0.25) is 5.15 Å². The molecule has 9 heteroatoms. The smallest absolute Gasteiger partial charge is 0.311 e. The third-order valence-corrected chi connectivity index (χ3v) is 2.96. The SMILES string of the molecule is O=C(Nc1nc(Cl)ccc1[N+](=O)[O-])c1ccoc1Br. The van der Waals surface area contributed by atoms with E-state index in [4.69, 9.17) is 16.0 Å². The summed E-state index contributed by atoms with van der Waals surface area (Å²) in [6, 6.07) is 3.84. The van der Waals surface area contributed by atoms with Crippen LogP contribution >= 0.6 is 27.5 Å². The number of carbonyl (C=O) groups is 1. The molecule has 0 saturated heterocycles. The highest BCUT2D eigenvalue weighted by molar-refractivity contribution is 9.10. The lowest BCUT2D eigenvalue weighted by atomic mass is 10.3. The van der Waals surface area contributed by atoms with Crippen LogP contribution in [0.15, 0.2) is 33.5 Å². The standard InChI is InChI=1S/C10H5BrClN3O4/c11-8-5(3-4-19-8)10(16)14-9-6(15(17)18)1-2-7(12)13-9/h1-4H,(H,13,14,16). The Hall–Kier alpha value is -1.93. The molecule has 0 unspecified atom stereocenters. The third-order valence-electron chi connectivity index (χ3n) is 2.13. The number of pyridine rings is 1. The van der Waals surface area contributed by atoms with Gasteiger partial charge in [0.05, 0.1) is 16.7 Å². The molecule has 2 aromatic rings. The highest BCUT2D eigenvalue weighted by atomic mass is 79.9. The van der Waals surface area contributed by atoms with Crippen molar-refractivity contribution >= 4 is 44.9 Å². The van der Waals surface area contributed by atoms with Crippen LogP contribution in [0.3, 0.4) is 0 Å². The molecule has 0 aliphatic heterocycles. The second kappa shape index (κ2) is 5.37. The van der Waals surface area contributed by atoms with Gasteiger partial charge in [0, 0.05) is 6.07 Å². The lowest BCUT2D eigenvalue weighted by Gasteiger charge is -2.04. The molecule has 19 heavy (non-hydrogen) atoms. The summed E-state index contributed by atoms with van der Waals surface area (Å²) in [5, 5.41) is 13.2. The fourth-order valence-corrected chi connectivity index (χ4v) is 1.87. The average Bonchev–Trinajstić information content (AvgIpc) is 2.75. The van der Waals surface area contributed by atoms with E-state index < -0.39 is 10.8 Å². The van der Waals surface area contributed by atoms with Crippen molar-refractivity contribution in [3.05, 3.63) is 50.0 Å². The van der Waals surface area contributed by atoms with Gasteiger partial charge in [-0.15, -0.1) is 0 Å². The fraction of sp³-hybridized carbons (Fsp3) is 0. The summed E-state index contributed by atoms with van der Waals surface area (Å²) in [5.74, 6) is -0.825. The summed E-state index contributed by atoms with van der Waals surface area (Å²) in [7, 11) is 0. The van der Waals surface area contributed by atoms with Crippen molar-refractivity contribution in [3.8, 4) is 0 Å². The van der Waals surface area contributed by atoms with Crippen LogP contribution in [-0.4, -0.2) is 15.8 Å². The first-order valence-electron chi connectivity index (χ1n) is 4.84. The number of hydrogen-bond acceptors (Lipinski definition) is 5. The molecule has 0 spiro atoms. The van der Waals surface area contributed by atoms with Gasteiger partial charge in [-0.2, -0.15) is 0 Å². The Morgan fingerprint density at radius 3 is 2.79 bits per heavy atom. The van der Waals surface area contributed by atoms with E-state index >= 15 is 0 Å².